The topological polar surface area (TPSA) is 21.3 Å². The fraction of sp³-hybridized carbons (Fsp3) is 1.00. The minimum absolute atomic E-state index is 0.363. The Balaban J connectivity index is 2.45. The van der Waals surface area contributed by atoms with Gasteiger partial charge in [-0.05, 0) is 51.1 Å². The predicted molar refractivity (Wildman–Crippen MR) is 56.2 cm³/mol. The molecule has 0 amide bonds. The third-order valence-corrected chi connectivity index (χ3v) is 3.39. The van der Waals surface area contributed by atoms with E-state index in [9.17, 15) is 13.2 Å². The Labute approximate surface area is 94.5 Å². The van der Waals surface area contributed by atoms with Gasteiger partial charge in [-0.15, -0.1) is 0 Å². The first-order chi connectivity index (χ1) is 7.49. The molecular weight excluding hydrogens is 219 g/mol. The molecule has 1 aliphatic carbocycles. The summed E-state index contributed by atoms with van der Waals surface area (Å²) in [5.74, 6) is 0.157. The summed E-state index contributed by atoms with van der Waals surface area (Å²) in [5.41, 5.74) is 0. The summed E-state index contributed by atoms with van der Waals surface area (Å²) >= 11 is 0. The number of hydrogen-bond donors (Lipinski definition) is 1. The molecule has 0 bridgehead atoms. The maximum atomic E-state index is 12.6. The van der Waals surface area contributed by atoms with E-state index in [4.69, 9.17) is 0 Å². The molecule has 0 radical (unpaired) electrons. The number of alkyl halides is 3. The van der Waals surface area contributed by atoms with Crippen LogP contribution < -0.4 is 5.32 Å². The Kier molecular flexibility index (Phi) is 5.05. The minimum atomic E-state index is -4.23. The zero-order valence-corrected chi connectivity index (χ0v) is 9.81. The molecule has 1 atom stereocenters. The summed E-state index contributed by atoms with van der Waals surface area (Å²) in [6.07, 6.45) is -2.85. The highest BCUT2D eigenvalue weighted by molar-refractivity contribution is 4.82. The van der Waals surface area contributed by atoms with Crippen LogP contribution >= 0.6 is 0 Å². The second-order valence-corrected chi connectivity index (χ2v) is 4.54. The molecule has 1 aliphatic rings. The quantitative estimate of drug-likeness (QED) is 0.814. The third-order valence-electron chi connectivity index (χ3n) is 3.39. The number of methoxy groups -OCH3 is 1. The van der Waals surface area contributed by atoms with Crippen LogP contribution in [-0.4, -0.2) is 33.0 Å². The first-order valence-corrected chi connectivity index (χ1v) is 5.73. The summed E-state index contributed by atoms with van der Waals surface area (Å²) in [6.45, 7) is 0.899. The van der Waals surface area contributed by atoms with Gasteiger partial charge in [0.1, 0.15) is 0 Å². The largest absolute Gasteiger partial charge is 0.414 e. The van der Waals surface area contributed by atoms with E-state index in [1.165, 1.54) is 0 Å². The van der Waals surface area contributed by atoms with Crippen molar-refractivity contribution in [3.05, 3.63) is 0 Å². The molecule has 0 aromatic rings. The number of rotatable bonds is 4. The first-order valence-electron chi connectivity index (χ1n) is 5.73. The van der Waals surface area contributed by atoms with E-state index in [0.717, 1.165) is 26.5 Å². The highest BCUT2D eigenvalue weighted by Crippen LogP contribution is 2.37. The third kappa shape index (κ3) is 3.63. The Morgan fingerprint density at radius 2 is 1.81 bits per heavy atom. The van der Waals surface area contributed by atoms with Crippen LogP contribution in [0.2, 0.25) is 0 Å². The van der Waals surface area contributed by atoms with E-state index in [1.54, 1.807) is 0 Å². The highest BCUT2D eigenvalue weighted by atomic mass is 19.4. The van der Waals surface area contributed by atoms with Gasteiger partial charge in [-0.2, -0.15) is 13.2 Å². The van der Waals surface area contributed by atoms with Crippen molar-refractivity contribution in [2.75, 3.05) is 20.7 Å². The van der Waals surface area contributed by atoms with Crippen LogP contribution in [0.25, 0.3) is 0 Å². The predicted octanol–water partition coefficient (Wildman–Crippen LogP) is 2.59. The summed E-state index contributed by atoms with van der Waals surface area (Å²) in [7, 11) is 3.03. The fourth-order valence-electron chi connectivity index (χ4n) is 2.58. The van der Waals surface area contributed by atoms with Crippen molar-refractivity contribution in [2.45, 2.75) is 38.0 Å². The van der Waals surface area contributed by atoms with Crippen molar-refractivity contribution in [1.82, 2.24) is 5.32 Å². The maximum Gasteiger partial charge on any atom is 0.414 e. The molecule has 0 aromatic heterocycles. The lowest BCUT2D eigenvalue weighted by molar-refractivity contribution is -0.231. The molecule has 0 saturated heterocycles. The molecule has 0 heterocycles. The van der Waals surface area contributed by atoms with Crippen LogP contribution in [0.5, 0.6) is 0 Å². The zero-order valence-electron chi connectivity index (χ0n) is 9.81. The van der Waals surface area contributed by atoms with Crippen LogP contribution in [0.3, 0.4) is 0 Å². The average molecular weight is 239 g/mol. The summed E-state index contributed by atoms with van der Waals surface area (Å²) < 4.78 is 42.4. The van der Waals surface area contributed by atoms with E-state index < -0.39 is 12.3 Å². The number of halogens is 3. The summed E-state index contributed by atoms with van der Waals surface area (Å²) in [5, 5.41) is 3.07. The normalized spacial score (nSPS) is 29.1. The lowest BCUT2D eigenvalue weighted by Crippen LogP contribution is -2.40. The van der Waals surface area contributed by atoms with Crippen LogP contribution in [-0.2, 0) is 4.74 Å². The summed E-state index contributed by atoms with van der Waals surface area (Å²) in [6, 6.07) is 0. The van der Waals surface area contributed by atoms with Crippen LogP contribution in [0.1, 0.15) is 25.7 Å². The Morgan fingerprint density at radius 1 is 1.25 bits per heavy atom. The monoisotopic (exact) mass is 239 g/mol. The molecule has 16 heavy (non-hydrogen) atoms. The number of nitrogens with one attached hydrogen (secondary N) is 1. The smallest absolute Gasteiger partial charge is 0.372 e. The van der Waals surface area contributed by atoms with E-state index in [2.05, 4.69) is 10.1 Å². The summed E-state index contributed by atoms with van der Waals surface area (Å²) in [4.78, 5) is 0. The second kappa shape index (κ2) is 5.87. The van der Waals surface area contributed by atoms with Gasteiger partial charge >= 0.3 is 6.18 Å². The SMILES string of the molecule is CNCC1CCC(C(OC)C(F)(F)F)CC1. The maximum absolute atomic E-state index is 12.6. The molecule has 0 aromatic carbocycles. The van der Waals surface area contributed by atoms with Crippen LogP contribution in [0, 0.1) is 11.8 Å². The molecule has 0 spiro atoms. The number of hydrogen-bond acceptors (Lipinski definition) is 2. The lowest BCUT2D eigenvalue weighted by Gasteiger charge is -2.33. The molecule has 1 rings (SSSR count). The first kappa shape index (κ1) is 13.8. The van der Waals surface area contributed by atoms with Gasteiger partial charge < -0.3 is 10.1 Å². The average Bonchev–Trinajstić information content (AvgIpc) is 2.20. The molecule has 1 saturated carbocycles. The lowest BCUT2D eigenvalue weighted by atomic mass is 9.79. The molecule has 5 heteroatoms. The van der Waals surface area contributed by atoms with E-state index in [0.29, 0.717) is 18.8 Å². The molecule has 0 aliphatic heterocycles. The van der Waals surface area contributed by atoms with E-state index in [-0.39, 0.29) is 5.92 Å². The molecule has 1 fully saturated rings. The molecule has 1 unspecified atom stereocenters. The van der Waals surface area contributed by atoms with Crippen LogP contribution in [0.15, 0.2) is 0 Å². The van der Waals surface area contributed by atoms with Gasteiger partial charge in [-0.25, -0.2) is 0 Å². The highest BCUT2D eigenvalue weighted by Gasteiger charge is 2.45. The number of ether oxygens (including phenoxy) is 1. The van der Waals surface area contributed by atoms with Crippen LogP contribution in [0.4, 0.5) is 13.2 Å². The van der Waals surface area contributed by atoms with E-state index >= 15 is 0 Å². The molecule has 1 N–H and O–H groups in total. The Hall–Kier alpha value is -0.290. The van der Waals surface area contributed by atoms with Gasteiger partial charge in [0.25, 0.3) is 0 Å². The van der Waals surface area contributed by atoms with Gasteiger partial charge in [0.15, 0.2) is 6.10 Å². The van der Waals surface area contributed by atoms with Gasteiger partial charge in [0.2, 0.25) is 0 Å². The van der Waals surface area contributed by atoms with Crippen molar-refractivity contribution >= 4 is 0 Å². The van der Waals surface area contributed by atoms with Crippen molar-refractivity contribution in [2.24, 2.45) is 11.8 Å². The molecular formula is C11H20F3NO. The van der Waals surface area contributed by atoms with Gasteiger partial charge in [0.05, 0.1) is 0 Å². The zero-order chi connectivity index (χ0) is 12.2. The minimum Gasteiger partial charge on any atom is -0.372 e. The van der Waals surface area contributed by atoms with Gasteiger partial charge in [-0.1, -0.05) is 0 Å². The standard InChI is InChI=1S/C11H20F3NO/c1-15-7-8-3-5-9(6-4-8)10(16-2)11(12,13)14/h8-10,15H,3-7H2,1-2H3. The Morgan fingerprint density at radius 3 is 2.19 bits per heavy atom. The van der Waals surface area contributed by atoms with Crippen molar-refractivity contribution in [3.63, 3.8) is 0 Å². The second-order valence-electron chi connectivity index (χ2n) is 4.54. The molecule has 2 nitrogen and oxygen atoms in total. The van der Waals surface area contributed by atoms with Crippen molar-refractivity contribution in [3.8, 4) is 0 Å². The van der Waals surface area contributed by atoms with Gasteiger partial charge in [0, 0.05) is 7.11 Å². The van der Waals surface area contributed by atoms with Gasteiger partial charge in [-0.3, -0.25) is 0 Å². The van der Waals surface area contributed by atoms with Crippen molar-refractivity contribution in [1.29, 1.82) is 0 Å². The molecule has 96 valence electrons. The fourth-order valence-corrected chi connectivity index (χ4v) is 2.58. The Bertz CT molecular complexity index is 200. The van der Waals surface area contributed by atoms with E-state index in [1.807, 2.05) is 7.05 Å². The van der Waals surface area contributed by atoms with Crippen molar-refractivity contribution < 1.29 is 17.9 Å².